The SMILES string of the molecule is CCOc1ccc2nc(C(=O)NCC(=O)O)c(O)cc2c1. The molecule has 1 heterocycles. The number of fused-ring (bicyclic) bond motifs is 1. The van der Waals surface area contributed by atoms with Gasteiger partial charge in [0.1, 0.15) is 18.0 Å². The molecule has 0 saturated carbocycles. The summed E-state index contributed by atoms with van der Waals surface area (Å²) in [7, 11) is 0. The van der Waals surface area contributed by atoms with E-state index in [1.807, 2.05) is 6.92 Å². The van der Waals surface area contributed by atoms with Crippen molar-refractivity contribution in [2.75, 3.05) is 13.2 Å². The van der Waals surface area contributed by atoms with Gasteiger partial charge in [-0.3, -0.25) is 9.59 Å². The standard InChI is InChI=1S/C14H14N2O5/c1-2-21-9-3-4-10-8(5-9)6-11(17)13(16-10)14(20)15-7-12(18)19/h3-6,17H,2,7H2,1H3,(H,15,20)(H,18,19). The number of carboxylic acids is 1. The second-order valence-electron chi connectivity index (χ2n) is 4.22. The highest BCUT2D eigenvalue weighted by Gasteiger charge is 2.15. The molecule has 0 bridgehead atoms. The monoisotopic (exact) mass is 290 g/mol. The first kappa shape index (κ1) is 14.6. The topological polar surface area (TPSA) is 109 Å². The Morgan fingerprint density at radius 1 is 1.33 bits per heavy atom. The third kappa shape index (κ3) is 3.38. The van der Waals surface area contributed by atoms with Gasteiger partial charge >= 0.3 is 5.97 Å². The first-order valence-corrected chi connectivity index (χ1v) is 6.28. The highest BCUT2D eigenvalue weighted by atomic mass is 16.5. The molecule has 0 aliphatic carbocycles. The highest BCUT2D eigenvalue weighted by Crippen LogP contribution is 2.25. The Morgan fingerprint density at radius 2 is 2.10 bits per heavy atom. The van der Waals surface area contributed by atoms with E-state index >= 15 is 0 Å². The Labute approximate surface area is 120 Å². The first-order valence-electron chi connectivity index (χ1n) is 6.28. The molecule has 2 aromatic rings. The van der Waals surface area contributed by atoms with Crippen molar-refractivity contribution in [2.45, 2.75) is 6.92 Å². The number of aromatic hydroxyl groups is 1. The van der Waals surface area contributed by atoms with Crippen molar-refractivity contribution < 1.29 is 24.5 Å². The summed E-state index contributed by atoms with van der Waals surface area (Å²) in [5, 5.41) is 21.1. The predicted molar refractivity (Wildman–Crippen MR) is 74.5 cm³/mol. The average Bonchev–Trinajstić information content (AvgIpc) is 2.44. The van der Waals surface area contributed by atoms with E-state index in [-0.39, 0.29) is 11.4 Å². The van der Waals surface area contributed by atoms with Crippen LogP contribution in [-0.2, 0) is 4.79 Å². The van der Waals surface area contributed by atoms with E-state index < -0.39 is 18.4 Å². The summed E-state index contributed by atoms with van der Waals surface area (Å²) >= 11 is 0. The summed E-state index contributed by atoms with van der Waals surface area (Å²) in [4.78, 5) is 26.2. The second kappa shape index (κ2) is 6.08. The minimum Gasteiger partial charge on any atom is -0.505 e. The third-order valence-corrected chi connectivity index (χ3v) is 2.69. The molecule has 0 spiro atoms. The van der Waals surface area contributed by atoms with Crippen molar-refractivity contribution in [1.29, 1.82) is 0 Å². The van der Waals surface area contributed by atoms with E-state index in [4.69, 9.17) is 9.84 Å². The lowest BCUT2D eigenvalue weighted by molar-refractivity contribution is -0.135. The quantitative estimate of drug-likeness (QED) is 0.762. The predicted octanol–water partition coefficient (Wildman–Crippen LogP) is 1.15. The minimum absolute atomic E-state index is 0.215. The molecule has 1 aromatic carbocycles. The van der Waals surface area contributed by atoms with Crippen LogP contribution >= 0.6 is 0 Å². The van der Waals surface area contributed by atoms with Crippen LogP contribution in [0.1, 0.15) is 17.4 Å². The molecule has 0 atom stereocenters. The van der Waals surface area contributed by atoms with E-state index in [0.29, 0.717) is 23.3 Å². The number of aliphatic carboxylic acids is 1. The molecule has 0 fully saturated rings. The van der Waals surface area contributed by atoms with Gasteiger partial charge in [0.2, 0.25) is 0 Å². The average molecular weight is 290 g/mol. The maximum atomic E-state index is 11.8. The van der Waals surface area contributed by atoms with Gasteiger partial charge in [-0.2, -0.15) is 0 Å². The number of carbonyl (C=O) groups excluding carboxylic acids is 1. The van der Waals surface area contributed by atoms with Gasteiger partial charge in [-0.15, -0.1) is 0 Å². The van der Waals surface area contributed by atoms with Crippen LogP contribution in [-0.4, -0.2) is 40.2 Å². The highest BCUT2D eigenvalue weighted by molar-refractivity contribution is 5.99. The molecule has 1 amide bonds. The summed E-state index contributed by atoms with van der Waals surface area (Å²) in [5.41, 5.74) is 0.282. The van der Waals surface area contributed by atoms with E-state index in [9.17, 15) is 14.7 Å². The van der Waals surface area contributed by atoms with Gasteiger partial charge in [0.05, 0.1) is 12.1 Å². The lowest BCUT2D eigenvalue weighted by atomic mass is 10.1. The number of carbonyl (C=O) groups is 2. The normalized spacial score (nSPS) is 10.3. The maximum absolute atomic E-state index is 11.8. The fourth-order valence-corrected chi connectivity index (χ4v) is 1.81. The Morgan fingerprint density at radius 3 is 2.76 bits per heavy atom. The molecule has 3 N–H and O–H groups in total. The van der Waals surface area contributed by atoms with Gasteiger partial charge < -0.3 is 20.3 Å². The smallest absolute Gasteiger partial charge is 0.322 e. The van der Waals surface area contributed by atoms with Gasteiger partial charge in [0.25, 0.3) is 5.91 Å². The number of hydrogen-bond acceptors (Lipinski definition) is 5. The molecule has 1 aromatic heterocycles. The van der Waals surface area contributed by atoms with Gasteiger partial charge in [-0.25, -0.2) is 4.98 Å². The molecule has 0 aliphatic rings. The maximum Gasteiger partial charge on any atom is 0.322 e. The van der Waals surface area contributed by atoms with Crippen molar-refractivity contribution in [3.8, 4) is 11.5 Å². The molecule has 7 nitrogen and oxygen atoms in total. The molecule has 110 valence electrons. The van der Waals surface area contributed by atoms with Crippen molar-refractivity contribution in [2.24, 2.45) is 0 Å². The number of hydrogen-bond donors (Lipinski definition) is 3. The second-order valence-corrected chi connectivity index (χ2v) is 4.22. The van der Waals surface area contributed by atoms with E-state index in [1.54, 1.807) is 18.2 Å². The molecule has 0 unspecified atom stereocenters. The summed E-state index contributed by atoms with van der Waals surface area (Å²) in [6, 6.07) is 6.45. The zero-order valence-corrected chi connectivity index (χ0v) is 11.3. The molecule has 0 radical (unpaired) electrons. The number of carboxylic acid groups (broad SMARTS) is 1. The summed E-state index contributed by atoms with van der Waals surface area (Å²) in [6.45, 7) is 1.83. The molecular weight excluding hydrogens is 276 g/mol. The van der Waals surface area contributed by atoms with Crippen LogP contribution < -0.4 is 10.1 Å². The number of ether oxygens (including phenoxy) is 1. The number of pyridine rings is 1. The molecule has 0 aliphatic heterocycles. The van der Waals surface area contributed by atoms with E-state index in [1.165, 1.54) is 6.07 Å². The zero-order valence-electron chi connectivity index (χ0n) is 11.3. The van der Waals surface area contributed by atoms with E-state index in [0.717, 1.165) is 0 Å². The Bertz CT molecular complexity index is 699. The molecule has 21 heavy (non-hydrogen) atoms. The molecule has 0 saturated heterocycles. The molecule has 2 rings (SSSR count). The number of nitrogens with one attached hydrogen (secondary N) is 1. The van der Waals surface area contributed by atoms with Gasteiger partial charge in [-0.05, 0) is 31.2 Å². The number of aromatic nitrogens is 1. The third-order valence-electron chi connectivity index (χ3n) is 2.69. The first-order chi connectivity index (χ1) is 10.0. The number of nitrogens with zero attached hydrogens (tertiary/aromatic N) is 1. The lowest BCUT2D eigenvalue weighted by Crippen LogP contribution is -2.29. The minimum atomic E-state index is -1.18. The number of benzene rings is 1. The van der Waals surface area contributed by atoms with Crippen LogP contribution in [0.15, 0.2) is 24.3 Å². The number of rotatable bonds is 5. The summed E-state index contributed by atoms with van der Waals surface area (Å²) in [5.74, 6) is -1.61. The summed E-state index contributed by atoms with van der Waals surface area (Å²) < 4.78 is 5.34. The van der Waals surface area contributed by atoms with Crippen LogP contribution in [0.25, 0.3) is 10.9 Å². The van der Waals surface area contributed by atoms with Crippen LogP contribution in [0.2, 0.25) is 0 Å². The molecular formula is C14H14N2O5. The Balaban J connectivity index is 2.34. The number of amides is 1. The fraction of sp³-hybridized carbons (Fsp3) is 0.214. The van der Waals surface area contributed by atoms with Crippen LogP contribution in [0.5, 0.6) is 11.5 Å². The lowest BCUT2D eigenvalue weighted by Gasteiger charge is -2.08. The fourth-order valence-electron chi connectivity index (χ4n) is 1.81. The van der Waals surface area contributed by atoms with Crippen LogP contribution in [0.4, 0.5) is 0 Å². The zero-order chi connectivity index (χ0) is 15.4. The Hall–Kier alpha value is -2.83. The van der Waals surface area contributed by atoms with Gasteiger partial charge in [0.15, 0.2) is 5.69 Å². The molecule has 7 heteroatoms. The van der Waals surface area contributed by atoms with Crippen molar-refractivity contribution in [3.63, 3.8) is 0 Å². The largest absolute Gasteiger partial charge is 0.505 e. The van der Waals surface area contributed by atoms with Crippen LogP contribution in [0, 0.1) is 0 Å². The van der Waals surface area contributed by atoms with Gasteiger partial charge in [-0.1, -0.05) is 0 Å². The van der Waals surface area contributed by atoms with Crippen molar-refractivity contribution >= 4 is 22.8 Å². The van der Waals surface area contributed by atoms with Crippen molar-refractivity contribution in [3.05, 3.63) is 30.0 Å². The van der Waals surface area contributed by atoms with E-state index in [2.05, 4.69) is 10.3 Å². The van der Waals surface area contributed by atoms with Crippen LogP contribution in [0.3, 0.4) is 0 Å². The van der Waals surface area contributed by atoms with Crippen molar-refractivity contribution in [1.82, 2.24) is 10.3 Å². The van der Waals surface area contributed by atoms with Gasteiger partial charge in [0, 0.05) is 5.39 Å². The Kier molecular flexibility index (Phi) is 4.22. The summed E-state index contributed by atoms with van der Waals surface area (Å²) in [6.07, 6.45) is 0.